The number of hydrogen-bond acceptors (Lipinski definition) is 4. The third-order valence-corrected chi connectivity index (χ3v) is 7.61. The van der Waals surface area contributed by atoms with E-state index in [-0.39, 0.29) is 22.8 Å². The lowest BCUT2D eigenvalue weighted by molar-refractivity contribution is -0.146. The molecule has 4 N–H and O–H groups in total. The number of ether oxygens (including phenoxy) is 1. The number of rotatable bonds is 6. The summed E-state index contributed by atoms with van der Waals surface area (Å²) < 4.78 is 21.8. The fourth-order valence-corrected chi connectivity index (χ4v) is 5.66. The molecule has 0 unspecified atom stereocenters. The van der Waals surface area contributed by atoms with Crippen LogP contribution in [0.15, 0.2) is 30.3 Å². The Morgan fingerprint density at radius 1 is 1.26 bits per heavy atom. The normalized spacial score (nSPS) is 20.9. The summed E-state index contributed by atoms with van der Waals surface area (Å²) in [5.41, 5.74) is 11.3. The first-order valence-electron chi connectivity index (χ1n) is 11.6. The fraction of sp³-hybridized carbons (Fsp3) is 0.385. The second-order valence-electron chi connectivity index (χ2n) is 9.40. The van der Waals surface area contributed by atoms with Crippen LogP contribution in [-0.4, -0.2) is 35.1 Å². The molecule has 2 fully saturated rings. The second-order valence-corrected chi connectivity index (χ2v) is 9.81. The highest BCUT2D eigenvalue weighted by molar-refractivity contribution is 6.30. The molecule has 0 atom stereocenters. The Balaban J connectivity index is 1.73. The largest absolute Gasteiger partial charge is 0.481 e. The van der Waals surface area contributed by atoms with Crippen LogP contribution in [0.4, 0.5) is 10.1 Å². The van der Waals surface area contributed by atoms with Gasteiger partial charge in [-0.3, -0.25) is 4.79 Å². The van der Waals surface area contributed by atoms with E-state index < -0.39 is 11.8 Å². The number of aromatic nitrogens is 1. The highest BCUT2D eigenvalue weighted by Crippen LogP contribution is 2.44. The van der Waals surface area contributed by atoms with Gasteiger partial charge in [0.1, 0.15) is 5.82 Å². The van der Waals surface area contributed by atoms with Gasteiger partial charge in [0.15, 0.2) is 0 Å². The van der Waals surface area contributed by atoms with Crippen molar-refractivity contribution in [2.45, 2.75) is 38.0 Å². The van der Waals surface area contributed by atoms with Crippen molar-refractivity contribution < 1.29 is 19.0 Å². The molecule has 2 aromatic carbocycles. The van der Waals surface area contributed by atoms with Gasteiger partial charge >= 0.3 is 5.97 Å². The van der Waals surface area contributed by atoms with Crippen LogP contribution in [0.2, 0.25) is 5.02 Å². The van der Waals surface area contributed by atoms with E-state index in [0.29, 0.717) is 37.3 Å². The van der Waals surface area contributed by atoms with Gasteiger partial charge in [-0.1, -0.05) is 11.6 Å². The number of anilines is 1. The summed E-state index contributed by atoms with van der Waals surface area (Å²) in [5, 5.41) is 18.2. The van der Waals surface area contributed by atoms with Gasteiger partial charge in [-0.15, -0.1) is 0 Å². The van der Waals surface area contributed by atoms with Crippen LogP contribution < -0.4 is 5.73 Å². The van der Waals surface area contributed by atoms with E-state index in [2.05, 4.69) is 4.57 Å². The molecule has 2 heterocycles. The zero-order chi connectivity index (χ0) is 24.0. The molecule has 34 heavy (non-hydrogen) atoms. The number of nitrogen functional groups attached to an aromatic ring is 1. The van der Waals surface area contributed by atoms with Gasteiger partial charge in [0.25, 0.3) is 0 Å². The lowest BCUT2D eigenvalue weighted by Crippen LogP contribution is -2.31. The number of fused-ring (bicyclic) bond motifs is 1. The van der Waals surface area contributed by atoms with Gasteiger partial charge < -0.3 is 25.6 Å². The molecule has 0 radical (unpaired) electrons. The summed E-state index contributed by atoms with van der Waals surface area (Å²) in [6.07, 6.45) is 5.01. The predicted octanol–water partition coefficient (Wildman–Crippen LogP) is 5.55. The first-order valence-corrected chi connectivity index (χ1v) is 12.0. The smallest absolute Gasteiger partial charge is 0.306 e. The first-order chi connectivity index (χ1) is 16.4. The number of carboxylic acid groups (broad SMARTS) is 1. The van der Waals surface area contributed by atoms with Crippen molar-refractivity contribution in [3.05, 3.63) is 58.0 Å². The average molecular weight is 484 g/mol. The van der Waals surface area contributed by atoms with Crippen molar-refractivity contribution in [1.82, 2.24) is 4.57 Å². The van der Waals surface area contributed by atoms with Gasteiger partial charge in [-0.25, -0.2) is 4.39 Å². The number of benzene rings is 2. The fourth-order valence-electron chi connectivity index (χ4n) is 5.49. The highest BCUT2D eigenvalue weighted by Gasteiger charge is 2.36. The van der Waals surface area contributed by atoms with E-state index in [4.69, 9.17) is 27.5 Å². The number of aliphatic carboxylic acids is 1. The minimum absolute atomic E-state index is 0.0462. The molecule has 3 aromatic rings. The van der Waals surface area contributed by atoms with Gasteiger partial charge in [0.05, 0.1) is 16.5 Å². The van der Waals surface area contributed by atoms with E-state index >= 15 is 0 Å². The Hall–Kier alpha value is -2.90. The summed E-state index contributed by atoms with van der Waals surface area (Å²) in [7, 11) is 0. The number of nitrogens with one attached hydrogen (secondary N) is 1. The Kier molecular flexibility index (Phi) is 6.08. The predicted molar refractivity (Wildman–Crippen MR) is 131 cm³/mol. The number of nitrogens with zero attached hydrogens (tertiary/aromatic N) is 1. The molecule has 0 bridgehead atoms. The SMILES string of the molecule is N=Cc1cc2c(cc1N)c(CC1CC(C(=O)O)C1)c(C1CCOCC1)n2-c1ccc(F)c(Cl)c1. The Labute approximate surface area is 202 Å². The minimum atomic E-state index is -0.732. The molecule has 0 amide bonds. The Morgan fingerprint density at radius 3 is 2.65 bits per heavy atom. The maximum atomic E-state index is 14.0. The number of halogens is 2. The molecule has 178 valence electrons. The molecule has 0 spiro atoms. The van der Waals surface area contributed by atoms with Crippen LogP contribution >= 0.6 is 11.6 Å². The zero-order valence-electron chi connectivity index (χ0n) is 18.7. The third-order valence-electron chi connectivity index (χ3n) is 7.32. The lowest BCUT2D eigenvalue weighted by atomic mass is 9.71. The third kappa shape index (κ3) is 3.97. The van der Waals surface area contributed by atoms with Gasteiger partial charge in [-0.2, -0.15) is 0 Å². The number of nitrogens with two attached hydrogens (primary N) is 1. The van der Waals surface area contributed by atoms with Crippen LogP contribution in [0, 0.1) is 23.1 Å². The molecule has 1 saturated heterocycles. The monoisotopic (exact) mass is 483 g/mol. The van der Waals surface area contributed by atoms with E-state index in [1.54, 1.807) is 12.1 Å². The van der Waals surface area contributed by atoms with E-state index in [1.807, 2.05) is 12.1 Å². The van der Waals surface area contributed by atoms with Crippen molar-refractivity contribution in [2.24, 2.45) is 11.8 Å². The van der Waals surface area contributed by atoms with E-state index in [0.717, 1.165) is 47.1 Å². The molecule has 5 rings (SSSR count). The van der Waals surface area contributed by atoms with Gasteiger partial charge in [0, 0.05) is 53.4 Å². The first kappa shape index (κ1) is 22.9. The van der Waals surface area contributed by atoms with E-state index in [9.17, 15) is 14.3 Å². The summed E-state index contributed by atoms with van der Waals surface area (Å²) in [4.78, 5) is 11.4. The molecule has 2 aliphatic rings. The summed E-state index contributed by atoms with van der Waals surface area (Å²) in [6.45, 7) is 1.32. The maximum absolute atomic E-state index is 14.0. The summed E-state index contributed by atoms with van der Waals surface area (Å²) >= 11 is 6.19. The topological polar surface area (TPSA) is 101 Å². The van der Waals surface area contributed by atoms with Crippen molar-refractivity contribution >= 4 is 40.4 Å². The van der Waals surface area contributed by atoms with Crippen molar-refractivity contribution in [1.29, 1.82) is 5.41 Å². The van der Waals surface area contributed by atoms with Crippen LogP contribution in [0.5, 0.6) is 0 Å². The molecule has 1 aromatic heterocycles. The molecular formula is C26H27ClFN3O3. The summed E-state index contributed by atoms with van der Waals surface area (Å²) in [5.74, 6) is -0.994. The van der Waals surface area contributed by atoms with E-state index in [1.165, 1.54) is 12.3 Å². The molecule has 1 aliphatic carbocycles. The quantitative estimate of drug-likeness (QED) is 0.316. The Bertz CT molecular complexity index is 1280. The molecular weight excluding hydrogens is 457 g/mol. The van der Waals surface area contributed by atoms with Crippen LogP contribution in [0.1, 0.15) is 48.4 Å². The highest BCUT2D eigenvalue weighted by atomic mass is 35.5. The lowest BCUT2D eigenvalue weighted by Gasteiger charge is -2.33. The van der Waals surface area contributed by atoms with Crippen molar-refractivity contribution in [3.8, 4) is 5.69 Å². The molecule has 8 heteroatoms. The number of hydrogen-bond donors (Lipinski definition) is 3. The molecule has 1 aliphatic heterocycles. The second kappa shape index (κ2) is 9.04. The maximum Gasteiger partial charge on any atom is 0.306 e. The standard InChI is InChI=1S/C26H27ClFN3O3/c27-21-11-18(1-2-22(21)28)31-24-10-17(13-29)23(30)12-19(24)20(9-14-7-16(8-14)26(32)33)25(31)15-3-5-34-6-4-15/h1-2,10-16,29H,3-9,30H2,(H,32,33). The minimum Gasteiger partial charge on any atom is -0.481 e. The molecule has 1 saturated carbocycles. The summed E-state index contributed by atoms with van der Waals surface area (Å²) in [6, 6.07) is 8.55. The molecule has 6 nitrogen and oxygen atoms in total. The number of carbonyl (C=O) groups is 1. The van der Waals surface area contributed by atoms with Crippen LogP contribution in [0.25, 0.3) is 16.6 Å². The van der Waals surface area contributed by atoms with Crippen LogP contribution in [-0.2, 0) is 16.0 Å². The zero-order valence-corrected chi connectivity index (χ0v) is 19.4. The van der Waals surface area contributed by atoms with Crippen molar-refractivity contribution in [2.75, 3.05) is 18.9 Å². The van der Waals surface area contributed by atoms with Crippen LogP contribution in [0.3, 0.4) is 0 Å². The van der Waals surface area contributed by atoms with Gasteiger partial charge in [-0.05, 0) is 73.9 Å². The van der Waals surface area contributed by atoms with Crippen molar-refractivity contribution in [3.63, 3.8) is 0 Å². The number of carboxylic acids is 1. The van der Waals surface area contributed by atoms with Gasteiger partial charge in [0.2, 0.25) is 0 Å². The Morgan fingerprint density at radius 2 is 2.00 bits per heavy atom. The average Bonchev–Trinajstić information content (AvgIpc) is 3.10.